The Kier molecular flexibility index (Phi) is 3.58. The first-order chi connectivity index (χ1) is 5.87. The first-order valence-electron chi connectivity index (χ1n) is 4.99. The van der Waals surface area contributed by atoms with Crippen LogP contribution in [0.25, 0.3) is 0 Å². The number of hydrogen-bond acceptors (Lipinski definition) is 2. The predicted molar refractivity (Wildman–Crippen MR) is 54.7 cm³/mol. The van der Waals surface area contributed by atoms with Gasteiger partial charge in [0.2, 0.25) is 0 Å². The normalized spacial score (nSPS) is 38.2. The fourth-order valence-corrected chi connectivity index (χ4v) is 2.67. The van der Waals surface area contributed by atoms with Crippen LogP contribution >= 0.6 is 12.4 Å². The van der Waals surface area contributed by atoms with E-state index in [4.69, 9.17) is 0 Å². The Morgan fingerprint density at radius 1 is 1.31 bits per heavy atom. The SMILES string of the molecule is Cl.N#CC12CCCCCC1CNC2. The summed E-state index contributed by atoms with van der Waals surface area (Å²) in [5.74, 6) is 0.644. The van der Waals surface area contributed by atoms with Gasteiger partial charge in [0.1, 0.15) is 0 Å². The lowest BCUT2D eigenvalue weighted by atomic mass is 9.76. The Hall–Kier alpha value is -0.260. The summed E-state index contributed by atoms with van der Waals surface area (Å²) in [5.41, 5.74) is 0.0104. The number of nitriles is 1. The van der Waals surface area contributed by atoms with Gasteiger partial charge in [-0.25, -0.2) is 0 Å². The molecule has 0 radical (unpaired) electrons. The van der Waals surface area contributed by atoms with E-state index in [-0.39, 0.29) is 17.8 Å². The summed E-state index contributed by atoms with van der Waals surface area (Å²) in [6, 6.07) is 2.56. The number of halogens is 1. The molecule has 2 fully saturated rings. The maximum absolute atomic E-state index is 9.19. The molecule has 1 saturated heterocycles. The average Bonchev–Trinajstić information content (AvgIpc) is 2.40. The van der Waals surface area contributed by atoms with E-state index in [0.717, 1.165) is 19.5 Å². The molecule has 2 nitrogen and oxygen atoms in total. The molecule has 3 heteroatoms. The minimum absolute atomic E-state index is 0. The molecule has 0 aromatic carbocycles. The third-order valence-corrected chi connectivity index (χ3v) is 3.51. The summed E-state index contributed by atoms with van der Waals surface area (Å²) in [7, 11) is 0. The Bertz CT molecular complexity index is 211. The quantitative estimate of drug-likeness (QED) is 0.650. The Labute approximate surface area is 86.1 Å². The second-order valence-electron chi connectivity index (χ2n) is 4.20. The highest BCUT2D eigenvalue weighted by Crippen LogP contribution is 2.41. The highest BCUT2D eigenvalue weighted by atomic mass is 35.5. The van der Waals surface area contributed by atoms with Crippen LogP contribution < -0.4 is 5.32 Å². The van der Waals surface area contributed by atoms with Gasteiger partial charge in [-0.15, -0.1) is 12.4 Å². The van der Waals surface area contributed by atoms with Gasteiger partial charge < -0.3 is 5.32 Å². The zero-order chi connectivity index (χ0) is 8.44. The third kappa shape index (κ3) is 1.82. The van der Waals surface area contributed by atoms with Gasteiger partial charge >= 0.3 is 0 Å². The Balaban J connectivity index is 0.000000845. The minimum atomic E-state index is 0. The van der Waals surface area contributed by atoms with E-state index in [1.54, 1.807) is 0 Å². The van der Waals surface area contributed by atoms with E-state index in [1.165, 1.54) is 25.7 Å². The molecular weight excluding hydrogens is 184 g/mol. The maximum atomic E-state index is 9.19. The molecule has 2 aliphatic rings. The van der Waals surface area contributed by atoms with Crippen LogP contribution in [-0.4, -0.2) is 13.1 Å². The first kappa shape index (κ1) is 10.8. The van der Waals surface area contributed by atoms with Crippen molar-refractivity contribution in [2.24, 2.45) is 11.3 Å². The first-order valence-corrected chi connectivity index (χ1v) is 4.99. The second kappa shape index (κ2) is 4.30. The van der Waals surface area contributed by atoms with Crippen molar-refractivity contribution < 1.29 is 0 Å². The average molecular weight is 201 g/mol. The van der Waals surface area contributed by atoms with Crippen LogP contribution in [0.2, 0.25) is 0 Å². The van der Waals surface area contributed by atoms with Crippen LogP contribution in [0.15, 0.2) is 0 Å². The topological polar surface area (TPSA) is 35.8 Å². The molecule has 0 aromatic rings. The lowest BCUT2D eigenvalue weighted by molar-refractivity contribution is 0.295. The van der Waals surface area contributed by atoms with Crippen molar-refractivity contribution in [2.75, 3.05) is 13.1 Å². The Morgan fingerprint density at radius 2 is 2.15 bits per heavy atom. The zero-order valence-corrected chi connectivity index (χ0v) is 8.70. The summed E-state index contributed by atoms with van der Waals surface area (Å²) >= 11 is 0. The second-order valence-corrected chi connectivity index (χ2v) is 4.20. The molecule has 1 saturated carbocycles. The number of fused-ring (bicyclic) bond motifs is 1. The molecule has 13 heavy (non-hydrogen) atoms. The van der Waals surface area contributed by atoms with Crippen LogP contribution in [0.4, 0.5) is 0 Å². The summed E-state index contributed by atoms with van der Waals surface area (Å²) in [6.07, 6.45) is 6.31. The van der Waals surface area contributed by atoms with Crippen LogP contribution in [0, 0.1) is 22.7 Å². The zero-order valence-electron chi connectivity index (χ0n) is 7.88. The number of hydrogen-bond donors (Lipinski definition) is 1. The van der Waals surface area contributed by atoms with Crippen LogP contribution in [-0.2, 0) is 0 Å². The smallest absolute Gasteiger partial charge is 0.0738 e. The van der Waals surface area contributed by atoms with E-state index in [0.29, 0.717) is 5.92 Å². The third-order valence-electron chi connectivity index (χ3n) is 3.51. The van der Waals surface area contributed by atoms with Crippen molar-refractivity contribution >= 4 is 12.4 Å². The summed E-state index contributed by atoms with van der Waals surface area (Å²) in [4.78, 5) is 0. The van der Waals surface area contributed by atoms with Gasteiger partial charge in [0, 0.05) is 6.54 Å². The van der Waals surface area contributed by atoms with E-state index in [9.17, 15) is 5.26 Å². The van der Waals surface area contributed by atoms with Gasteiger partial charge in [0.25, 0.3) is 0 Å². The summed E-state index contributed by atoms with van der Waals surface area (Å²) in [6.45, 7) is 2.02. The van der Waals surface area contributed by atoms with Gasteiger partial charge in [-0.05, 0) is 25.3 Å². The van der Waals surface area contributed by atoms with E-state index in [2.05, 4.69) is 11.4 Å². The summed E-state index contributed by atoms with van der Waals surface area (Å²) in [5, 5.41) is 12.5. The molecule has 2 atom stereocenters. The van der Waals surface area contributed by atoms with Crippen molar-refractivity contribution in [3.63, 3.8) is 0 Å². The number of rotatable bonds is 0. The molecule has 1 aliphatic heterocycles. The molecule has 74 valence electrons. The monoisotopic (exact) mass is 200 g/mol. The largest absolute Gasteiger partial charge is 0.315 e. The Morgan fingerprint density at radius 3 is 2.92 bits per heavy atom. The van der Waals surface area contributed by atoms with Gasteiger partial charge in [-0.2, -0.15) is 5.26 Å². The lowest BCUT2D eigenvalue weighted by Crippen LogP contribution is -2.27. The number of nitrogens with zero attached hydrogens (tertiary/aromatic N) is 1. The highest BCUT2D eigenvalue weighted by Gasteiger charge is 2.43. The lowest BCUT2D eigenvalue weighted by Gasteiger charge is -2.24. The molecular formula is C10H17ClN2. The fraction of sp³-hybridized carbons (Fsp3) is 0.900. The minimum Gasteiger partial charge on any atom is -0.315 e. The van der Waals surface area contributed by atoms with Crippen LogP contribution in [0.3, 0.4) is 0 Å². The molecule has 2 unspecified atom stereocenters. The molecule has 1 heterocycles. The molecule has 0 bridgehead atoms. The van der Waals surface area contributed by atoms with Crippen LogP contribution in [0.5, 0.6) is 0 Å². The van der Waals surface area contributed by atoms with Crippen molar-refractivity contribution in [1.82, 2.24) is 5.32 Å². The number of nitrogens with one attached hydrogen (secondary N) is 1. The van der Waals surface area contributed by atoms with Crippen molar-refractivity contribution in [3.8, 4) is 6.07 Å². The molecule has 0 amide bonds. The van der Waals surface area contributed by atoms with Crippen molar-refractivity contribution in [1.29, 1.82) is 5.26 Å². The van der Waals surface area contributed by atoms with E-state index in [1.807, 2.05) is 0 Å². The van der Waals surface area contributed by atoms with E-state index < -0.39 is 0 Å². The van der Waals surface area contributed by atoms with Gasteiger partial charge in [-0.1, -0.05) is 19.3 Å². The molecule has 1 aliphatic carbocycles. The van der Waals surface area contributed by atoms with Gasteiger partial charge in [-0.3, -0.25) is 0 Å². The maximum Gasteiger partial charge on any atom is 0.0738 e. The van der Waals surface area contributed by atoms with Crippen molar-refractivity contribution in [3.05, 3.63) is 0 Å². The predicted octanol–water partition coefficient (Wildman–Crippen LogP) is 2.10. The molecule has 0 spiro atoms. The highest BCUT2D eigenvalue weighted by molar-refractivity contribution is 5.85. The summed E-state index contributed by atoms with van der Waals surface area (Å²) < 4.78 is 0. The van der Waals surface area contributed by atoms with Crippen LogP contribution in [0.1, 0.15) is 32.1 Å². The van der Waals surface area contributed by atoms with Gasteiger partial charge in [0.15, 0.2) is 0 Å². The molecule has 1 N–H and O–H groups in total. The van der Waals surface area contributed by atoms with Crippen molar-refractivity contribution in [2.45, 2.75) is 32.1 Å². The molecule has 0 aromatic heterocycles. The van der Waals surface area contributed by atoms with Gasteiger partial charge in [0.05, 0.1) is 11.5 Å². The molecule has 2 rings (SSSR count). The van der Waals surface area contributed by atoms with E-state index >= 15 is 0 Å². The standard InChI is InChI=1S/C10H16N2.ClH/c11-7-10-5-3-1-2-4-9(10)6-12-8-10;/h9,12H,1-6,8H2;1H. The fourth-order valence-electron chi connectivity index (χ4n) is 2.67.